The highest BCUT2D eigenvalue weighted by Gasteiger charge is 2.01. The fourth-order valence-corrected chi connectivity index (χ4v) is 1.07. The van der Waals surface area contributed by atoms with E-state index in [2.05, 4.69) is 10.6 Å². The van der Waals surface area contributed by atoms with Crippen LogP contribution in [-0.4, -0.2) is 12.1 Å². The van der Waals surface area contributed by atoms with E-state index in [1.54, 1.807) is 0 Å². The van der Waals surface area contributed by atoms with Gasteiger partial charge in [0.05, 0.1) is 0 Å². The predicted molar refractivity (Wildman–Crippen MR) is 69.8 cm³/mol. The molecule has 2 N–H and O–H groups in total. The standard InChI is InChI=1S/C11H16N2O.C2H6/c1-8(2)12-11(14)13-10-6-4-9(3)5-7-10;1-2/h4-8H,1-3H3,(H2,12,13,14);1-2H3. The normalized spacial score (nSPS) is 9.12. The van der Waals surface area contributed by atoms with Gasteiger partial charge in [-0.3, -0.25) is 0 Å². The highest BCUT2D eigenvalue weighted by molar-refractivity contribution is 5.89. The van der Waals surface area contributed by atoms with Crippen LogP contribution in [0.3, 0.4) is 0 Å². The number of anilines is 1. The first kappa shape index (κ1) is 14.5. The van der Waals surface area contributed by atoms with Gasteiger partial charge >= 0.3 is 6.03 Å². The Labute approximate surface area is 98.3 Å². The Morgan fingerprint density at radius 2 is 1.62 bits per heavy atom. The molecule has 1 aromatic carbocycles. The molecule has 0 heterocycles. The summed E-state index contributed by atoms with van der Waals surface area (Å²) in [6.07, 6.45) is 0. The van der Waals surface area contributed by atoms with Crippen LogP contribution in [0.5, 0.6) is 0 Å². The lowest BCUT2D eigenvalue weighted by molar-refractivity contribution is 0.250. The summed E-state index contributed by atoms with van der Waals surface area (Å²) in [4.78, 5) is 11.3. The van der Waals surface area contributed by atoms with Crippen molar-refractivity contribution in [3.8, 4) is 0 Å². The molecule has 3 heteroatoms. The summed E-state index contributed by atoms with van der Waals surface area (Å²) in [7, 11) is 0. The van der Waals surface area contributed by atoms with E-state index in [1.165, 1.54) is 5.56 Å². The minimum atomic E-state index is -0.163. The van der Waals surface area contributed by atoms with Crippen LogP contribution in [-0.2, 0) is 0 Å². The molecular weight excluding hydrogens is 200 g/mol. The lowest BCUT2D eigenvalue weighted by atomic mass is 10.2. The number of hydrogen-bond acceptors (Lipinski definition) is 1. The smallest absolute Gasteiger partial charge is 0.319 e. The van der Waals surface area contributed by atoms with Gasteiger partial charge in [-0.05, 0) is 32.9 Å². The number of urea groups is 1. The molecule has 16 heavy (non-hydrogen) atoms. The van der Waals surface area contributed by atoms with Crippen molar-refractivity contribution in [3.63, 3.8) is 0 Å². The topological polar surface area (TPSA) is 41.1 Å². The quantitative estimate of drug-likeness (QED) is 0.789. The molecule has 1 aromatic rings. The monoisotopic (exact) mass is 222 g/mol. The van der Waals surface area contributed by atoms with Crippen molar-refractivity contribution in [2.45, 2.75) is 40.7 Å². The molecule has 0 unspecified atom stereocenters. The molecule has 3 nitrogen and oxygen atoms in total. The fourth-order valence-electron chi connectivity index (χ4n) is 1.07. The molecule has 0 fully saturated rings. The van der Waals surface area contributed by atoms with Crippen molar-refractivity contribution in [3.05, 3.63) is 29.8 Å². The minimum Gasteiger partial charge on any atom is -0.336 e. The number of benzene rings is 1. The third-order valence-electron chi connectivity index (χ3n) is 1.73. The fraction of sp³-hybridized carbons (Fsp3) is 0.462. The van der Waals surface area contributed by atoms with Gasteiger partial charge in [-0.2, -0.15) is 0 Å². The van der Waals surface area contributed by atoms with E-state index < -0.39 is 0 Å². The summed E-state index contributed by atoms with van der Waals surface area (Å²) in [6, 6.07) is 7.68. The van der Waals surface area contributed by atoms with E-state index in [0.29, 0.717) is 0 Å². The molecule has 0 atom stereocenters. The van der Waals surface area contributed by atoms with Gasteiger partial charge in [-0.15, -0.1) is 0 Å². The summed E-state index contributed by atoms with van der Waals surface area (Å²) >= 11 is 0. The van der Waals surface area contributed by atoms with E-state index in [9.17, 15) is 4.79 Å². The van der Waals surface area contributed by atoms with Crippen LogP contribution in [0.4, 0.5) is 10.5 Å². The van der Waals surface area contributed by atoms with Gasteiger partial charge in [0.2, 0.25) is 0 Å². The van der Waals surface area contributed by atoms with E-state index in [4.69, 9.17) is 0 Å². The third-order valence-corrected chi connectivity index (χ3v) is 1.73. The van der Waals surface area contributed by atoms with Gasteiger partial charge in [0, 0.05) is 11.7 Å². The van der Waals surface area contributed by atoms with Crippen LogP contribution < -0.4 is 10.6 Å². The lowest BCUT2D eigenvalue weighted by Crippen LogP contribution is -2.34. The number of hydrogen-bond donors (Lipinski definition) is 2. The van der Waals surface area contributed by atoms with Crippen molar-refractivity contribution < 1.29 is 4.79 Å². The summed E-state index contributed by atoms with van der Waals surface area (Å²) in [5, 5.41) is 5.51. The van der Waals surface area contributed by atoms with E-state index in [1.807, 2.05) is 58.9 Å². The van der Waals surface area contributed by atoms with E-state index >= 15 is 0 Å². The van der Waals surface area contributed by atoms with Crippen molar-refractivity contribution in [2.75, 3.05) is 5.32 Å². The molecule has 0 saturated heterocycles. The Bertz CT molecular complexity index is 304. The number of carbonyl (C=O) groups is 1. The molecule has 0 spiro atoms. The molecule has 0 saturated carbocycles. The van der Waals surface area contributed by atoms with Crippen molar-refractivity contribution in [1.29, 1.82) is 0 Å². The highest BCUT2D eigenvalue weighted by Crippen LogP contribution is 2.07. The van der Waals surface area contributed by atoms with Crippen LogP contribution in [0.25, 0.3) is 0 Å². The van der Waals surface area contributed by atoms with E-state index in [-0.39, 0.29) is 12.1 Å². The Morgan fingerprint density at radius 3 is 2.06 bits per heavy atom. The molecule has 0 aromatic heterocycles. The average molecular weight is 222 g/mol. The van der Waals surface area contributed by atoms with Gasteiger partial charge in [-0.25, -0.2) is 4.79 Å². The number of aryl methyl sites for hydroxylation is 1. The van der Waals surface area contributed by atoms with Crippen molar-refractivity contribution in [2.24, 2.45) is 0 Å². The van der Waals surface area contributed by atoms with Gasteiger partial charge in [-0.1, -0.05) is 31.5 Å². The predicted octanol–water partition coefficient (Wildman–Crippen LogP) is 3.55. The Morgan fingerprint density at radius 1 is 1.12 bits per heavy atom. The molecule has 0 bridgehead atoms. The van der Waals surface area contributed by atoms with Gasteiger partial charge in [0.25, 0.3) is 0 Å². The van der Waals surface area contributed by atoms with Gasteiger partial charge in [0.15, 0.2) is 0 Å². The number of carbonyl (C=O) groups excluding carboxylic acids is 1. The van der Waals surface area contributed by atoms with Crippen LogP contribution in [0.2, 0.25) is 0 Å². The van der Waals surface area contributed by atoms with Crippen LogP contribution in [0.15, 0.2) is 24.3 Å². The first-order valence-electron chi connectivity index (χ1n) is 5.72. The second-order valence-electron chi connectivity index (χ2n) is 3.62. The molecule has 2 amide bonds. The molecule has 0 aliphatic carbocycles. The zero-order valence-electron chi connectivity index (χ0n) is 10.8. The van der Waals surface area contributed by atoms with Crippen molar-refractivity contribution in [1.82, 2.24) is 5.32 Å². The maximum absolute atomic E-state index is 11.3. The molecule has 1 rings (SSSR count). The first-order chi connectivity index (χ1) is 7.58. The zero-order valence-corrected chi connectivity index (χ0v) is 10.8. The number of amides is 2. The molecular formula is C13H22N2O. The largest absolute Gasteiger partial charge is 0.336 e. The van der Waals surface area contributed by atoms with Crippen molar-refractivity contribution >= 4 is 11.7 Å². The summed E-state index contributed by atoms with van der Waals surface area (Å²) < 4.78 is 0. The van der Waals surface area contributed by atoms with Gasteiger partial charge < -0.3 is 10.6 Å². The first-order valence-corrected chi connectivity index (χ1v) is 5.72. The zero-order chi connectivity index (χ0) is 12.6. The number of nitrogens with one attached hydrogen (secondary N) is 2. The van der Waals surface area contributed by atoms with Crippen LogP contribution in [0, 0.1) is 6.92 Å². The Hall–Kier alpha value is -1.51. The third kappa shape index (κ3) is 6.06. The summed E-state index contributed by atoms with van der Waals surface area (Å²) in [6.45, 7) is 9.86. The molecule has 0 aliphatic rings. The average Bonchev–Trinajstić information content (AvgIpc) is 2.23. The Kier molecular flexibility index (Phi) is 7.01. The maximum Gasteiger partial charge on any atom is 0.319 e. The van der Waals surface area contributed by atoms with Crippen LogP contribution >= 0.6 is 0 Å². The second kappa shape index (κ2) is 7.74. The summed E-state index contributed by atoms with van der Waals surface area (Å²) in [5.41, 5.74) is 1.99. The maximum atomic E-state index is 11.3. The van der Waals surface area contributed by atoms with Gasteiger partial charge in [0.1, 0.15) is 0 Å². The molecule has 90 valence electrons. The van der Waals surface area contributed by atoms with E-state index in [0.717, 1.165) is 5.69 Å². The number of rotatable bonds is 2. The summed E-state index contributed by atoms with van der Waals surface area (Å²) in [5.74, 6) is 0. The highest BCUT2D eigenvalue weighted by atomic mass is 16.2. The molecule has 0 radical (unpaired) electrons. The lowest BCUT2D eigenvalue weighted by Gasteiger charge is -2.09. The SMILES string of the molecule is CC.Cc1ccc(NC(=O)NC(C)C)cc1. The minimum absolute atomic E-state index is 0.153. The second-order valence-corrected chi connectivity index (χ2v) is 3.62. The Balaban J connectivity index is 0.00000106. The molecule has 0 aliphatic heterocycles. The van der Waals surface area contributed by atoms with Crippen LogP contribution in [0.1, 0.15) is 33.3 Å².